The summed E-state index contributed by atoms with van der Waals surface area (Å²) >= 11 is 0. The van der Waals surface area contributed by atoms with Gasteiger partial charge in [0, 0.05) is 49.1 Å². The standard InChI is InChI=1S/C31H47N3O4/c35-24-27-12-6-8-18-33(27)19-20-34(23-25-10-4-2-1-3-5-11-25)31(37)13-7-9-21-38-28-15-16-29-26(22-28)14-17-30(36)32-29/h14-17,22,25,27,35H,1-13,18-21,23-24H2,(H,32,36). The Labute approximate surface area is 227 Å². The maximum atomic E-state index is 13.4. The number of pyridine rings is 1. The van der Waals surface area contributed by atoms with Gasteiger partial charge in [0.25, 0.3) is 0 Å². The first-order valence-corrected chi connectivity index (χ1v) is 15.0. The number of H-pyrrole nitrogens is 1. The van der Waals surface area contributed by atoms with Gasteiger partial charge in [-0.3, -0.25) is 14.5 Å². The van der Waals surface area contributed by atoms with Crippen molar-refractivity contribution in [2.75, 3.05) is 39.4 Å². The molecule has 0 spiro atoms. The Kier molecular flexibility index (Phi) is 11.5. The quantitative estimate of drug-likeness (QED) is 0.376. The van der Waals surface area contributed by atoms with E-state index in [1.807, 2.05) is 18.2 Å². The Morgan fingerprint density at radius 3 is 2.61 bits per heavy atom. The largest absolute Gasteiger partial charge is 0.494 e. The molecule has 1 saturated heterocycles. The van der Waals surface area contributed by atoms with Crippen molar-refractivity contribution in [1.29, 1.82) is 0 Å². The topological polar surface area (TPSA) is 85.9 Å². The van der Waals surface area contributed by atoms with E-state index in [0.717, 1.165) is 62.1 Å². The number of carbonyl (C=O) groups is 1. The lowest BCUT2D eigenvalue weighted by Gasteiger charge is -2.37. The average molecular weight is 526 g/mol. The van der Waals surface area contributed by atoms with E-state index >= 15 is 0 Å². The summed E-state index contributed by atoms with van der Waals surface area (Å²) in [5, 5.41) is 10.8. The SMILES string of the molecule is O=C(CCCCOc1ccc2[nH]c(=O)ccc2c1)N(CCN1CCCCC1CO)CC1CCCCCCC1. The molecular formula is C31H47N3O4. The summed E-state index contributed by atoms with van der Waals surface area (Å²) in [6, 6.07) is 9.25. The molecule has 38 heavy (non-hydrogen) atoms. The van der Waals surface area contributed by atoms with E-state index in [4.69, 9.17) is 4.74 Å². The molecule has 7 nitrogen and oxygen atoms in total. The molecule has 0 bridgehead atoms. The Hall–Kier alpha value is -2.38. The van der Waals surface area contributed by atoms with E-state index in [0.29, 0.717) is 18.9 Å². The van der Waals surface area contributed by atoms with Crippen LogP contribution in [0.3, 0.4) is 0 Å². The number of nitrogens with one attached hydrogen (secondary N) is 1. The first kappa shape index (κ1) is 28.6. The number of likely N-dealkylation sites (tertiary alicyclic amines) is 1. The van der Waals surface area contributed by atoms with Gasteiger partial charge in [0.15, 0.2) is 0 Å². The van der Waals surface area contributed by atoms with Crippen LogP contribution in [0.25, 0.3) is 10.9 Å². The number of unbranched alkanes of at least 4 members (excludes halogenated alkanes) is 1. The van der Waals surface area contributed by atoms with Gasteiger partial charge in [-0.2, -0.15) is 0 Å². The summed E-state index contributed by atoms with van der Waals surface area (Å²) in [5.74, 6) is 1.65. The highest BCUT2D eigenvalue weighted by Gasteiger charge is 2.24. The molecule has 7 heteroatoms. The molecule has 4 rings (SSSR count). The van der Waals surface area contributed by atoms with Gasteiger partial charge in [0.05, 0.1) is 13.2 Å². The number of aromatic amines is 1. The molecule has 1 atom stereocenters. The Balaban J connectivity index is 1.26. The highest BCUT2D eigenvalue weighted by molar-refractivity contribution is 5.79. The molecule has 2 aromatic rings. The highest BCUT2D eigenvalue weighted by atomic mass is 16.5. The smallest absolute Gasteiger partial charge is 0.248 e. The van der Waals surface area contributed by atoms with Gasteiger partial charge in [0.2, 0.25) is 11.5 Å². The number of ether oxygens (including phenoxy) is 1. The van der Waals surface area contributed by atoms with Crippen LogP contribution in [-0.4, -0.2) is 71.2 Å². The lowest BCUT2D eigenvalue weighted by atomic mass is 9.90. The maximum Gasteiger partial charge on any atom is 0.248 e. The number of hydrogen-bond donors (Lipinski definition) is 2. The van der Waals surface area contributed by atoms with Gasteiger partial charge in [0.1, 0.15) is 5.75 Å². The zero-order valence-electron chi connectivity index (χ0n) is 23.0. The number of nitrogens with zero attached hydrogens (tertiary/aromatic N) is 2. The van der Waals surface area contributed by atoms with Crippen LogP contribution in [0.4, 0.5) is 0 Å². The predicted octanol–water partition coefficient (Wildman–Crippen LogP) is 5.11. The first-order valence-electron chi connectivity index (χ1n) is 15.0. The lowest BCUT2D eigenvalue weighted by molar-refractivity contribution is -0.132. The van der Waals surface area contributed by atoms with Crippen LogP contribution in [0.1, 0.15) is 83.5 Å². The molecular weight excluding hydrogens is 478 g/mol. The molecule has 2 heterocycles. The summed E-state index contributed by atoms with van der Waals surface area (Å²) in [5.41, 5.74) is 0.693. The van der Waals surface area contributed by atoms with Gasteiger partial charge in [-0.15, -0.1) is 0 Å². The summed E-state index contributed by atoms with van der Waals surface area (Å²) < 4.78 is 5.94. The van der Waals surface area contributed by atoms with E-state index in [1.54, 1.807) is 6.07 Å². The summed E-state index contributed by atoms with van der Waals surface area (Å²) in [4.78, 5) is 32.2. The van der Waals surface area contributed by atoms with Crippen LogP contribution >= 0.6 is 0 Å². The molecule has 1 aliphatic carbocycles. The van der Waals surface area contributed by atoms with Crippen molar-refractivity contribution in [3.05, 3.63) is 40.7 Å². The Morgan fingerprint density at radius 2 is 1.79 bits per heavy atom. The molecule has 1 aromatic carbocycles. The van der Waals surface area contributed by atoms with Crippen molar-refractivity contribution in [2.45, 2.75) is 89.5 Å². The van der Waals surface area contributed by atoms with Crippen LogP contribution in [0.2, 0.25) is 0 Å². The third kappa shape index (κ3) is 8.84. The second kappa shape index (κ2) is 15.3. The van der Waals surface area contributed by atoms with E-state index in [1.165, 1.54) is 63.9 Å². The number of fused-ring (bicyclic) bond motifs is 1. The number of aromatic nitrogens is 1. The molecule has 0 radical (unpaired) electrons. The molecule has 1 aromatic heterocycles. The minimum Gasteiger partial charge on any atom is -0.494 e. The predicted molar refractivity (Wildman–Crippen MR) is 153 cm³/mol. The molecule has 2 aliphatic rings. The highest BCUT2D eigenvalue weighted by Crippen LogP contribution is 2.24. The van der Waals surface area contributed by atoms with Crippen molar-refractivity contribution >= 4 is 16.8 Å². The van der Waals surface area contributed by atoms with Crippen LogP contribution in [0.15, 0.2) is 35.1 Å². The van der Waals surface area contributed by atoms with E-state index in [-0.39, 0.29) is 24.1 Å². The summed E-state index contributed by atoms with van der Waals surface area (Å²) in [7, 11) is 0. The fraction of sp³-hybridized carbons (Fsp3) is 0.677. The van der Waals surface area contributed by atoms with Gasteiger partial charge in [-0.1, -0.05) is 38.5 Å². The van der Waals surface area contributed by atoms with E-state index in [9.17, 15) is 14.7 Å². The number of rotatable bonds is 12. The van der Waals surface area contributed by atoms with Gasteiger partial charge >= 0.3 is 0 Å². The zero-order chi connectivity index (χ0) is 26.6. The second-order valence-corrected chi connectivity index (χ2v) is 11.3. The minimum absolute atomic E-state index is 0.108. The maximum absolute atomic E-state index is 13.4. The number of aliphatic hydroxyl groups excluding tert-OH is 1. The molecule has 2 N–H and O–H groups in total. The lowest BCUT2D eigenvalue weighted by Crippen LogP contribution is -2.47. The van der Waals surface area contributed by atoms with E-state index in [2.05, 4.69) is 14.8 Å². The fourth-order valence-corrected chi connectivity index (χ4v) is 6.11. The van der Waals surface area contributed by atoms with Crippen LogP contribution in [0, 0.1) is 5.92 Å². The Morgan fingerprint density at radius 1 is 1.00 bits per heavy atom. The normalized spacial score (nSPS) is 19.7. The first-order chi connectivity index (χ1) is 18.6. The monoisotopic (exact) mass is 525 g/mol. The van der Waals surface area contributed by atoms with Crippen LogP contribution < -0.4 is 10.3 Å². The number of amides is 1. The molecule has 1 unspecified atom stereocenters. The third-order valence-electron chi connectivity index (χ3n) is 8.42. The fourth-order valence-electron chi connectivity index (χ4n) is 6.11. The molecule has 1 aliphatic heterocycles. The molecule has 2 fully saturated rings. The van der Waals surface area contributed by atoms with Crippen molar-refractivity contribution < 1.29 is 14.6 Å². The van der Waals surface area contributed by atoms with E-state index < -0.39 is 0 Å². The third-order valence-corrected chi connectivity index (χ3v) is 8.42. The zero-order valence-corrected chi connectivity index (χ0v) is 23.0. The summed E-state index contributed by atoms with van der Waals surface area (Å²) in [6.45, 7) is 4.31. The number of aliphatic hydroxyl groups is 1. The van der Waals surface area contributed by atoms with Crippen molar-refractivity contribution in [1.82, 2.24) is 14.8 Å². The molecule has 1 saturated carbocycles. The average Bonchev–Trinajstić information content (AvgIpc) is 2.91. The minimum atomic E-state index is -0.108. The molecule has 210 valence electrons. The van der Waals surface area contributed by atoms with Crippen molar-refractivity contribution in [3.8, 4) is 5.75 Å². The number of carbonyl (C=O) groups excluding carboxylic acids is 1. The van der Waals surface area contributed by atoms with Gasteiger partial charge in [-0.25, -0.2) is 0 Å². The number of hydrogen-bond acceptors (Lipinski definition) is 5. The molecule has 1 amide bonds. The second-order valence-electron chi connectivity index (χ2n) is 11.3. The van der Waals surface area contributed by atoms with Crippen LogP contribution in [-0.2, 0) is 4.79 Å². The Bertz CT molecular complexity index is 1050. The van der Waals surface area contributed by atoms with Gasteiger partial charge < -0.3 is 19.7 Å². The van der Waals surface area contributed by atoms with Crippen molar-refractivity contribution in [3.63, 3.8) is 0 Å². The van der Waals surface area contributed by atoms with Crippen LogP contribution in [0.5, 0.6) is 5.75 Å². The van der Waals surface area contributed by atoms with Gasteiger partial charge in [-0.05, 0) is 75.3 Å². The van der Waals surface area contributed by atoms with Crippen molar-refractivity contribution in [2.24, 2.45) is 5.92 Å². The number of piperidine rings is 1. The number of benzene rings is 1. The summed E-state index contributed by atoms with van der Waals surface area (Å²) in [6.07, 6.45) is 14.7.